The molecule has 1 amide bonds. The molecule has 10 rings (SSSR count). The van der Waals surface area contributed by atoms with E-state index in [0.717, 1.165) is 87.6 Å². The van der Waals surface area contributed by atoms with Crippen LogP contribution in [0.2, 0.25) is 20.4 Å². The van der Waals surface area contributed by atoms with E-state index in [4.69, 9.17) is 71.2 Å². The Morgan fingerprint density at radius 3 is 1.79 bits per heavy atom. The number of amides is 1. The quantitative estimate of drug-likeness (QED) is 0.115. The molecule has 20 nitrogen and oxygen atoms in total. The van der Waals surface area contributed by atoms with Crippen molar-refractivity contribution in [2.45, 2.75) is 56.4 Å². The zero-order valence-electron chi connectivity index (χ0n) is 40.0. The molecule has 4 aliphatic rings. The Morgan fingerprint density at radius 2 is 1.25 bits per heavy atom. The minimum atomic E-state index is -3.59. The number of fused-ring (bicyclic) bond motifs is 2. The number of nitrogens with zero attached hydrogens (tertiary/aromatic N) is 9. The van der Waals surface area contributed by atoms with Crippen LogP contribution in [-0.2, 0) is 35.1 Å². The zero-order valence-corrected chi connectivity index (χ0v) is 44.7. The fourth-order valence-corrected chi connectivity index (χ4v) is 11.2. The first kappa shape index (κ1) is 54.2. The van der Waals surface area contributed by atoms with E-state index in [1.54, 1.807) is 21.5 Å². The van der Waals surface area contributed by atoms with Crippen molar-refractivity contribution >= 4 is 107 Å². The van der Waals surface area contributed by atoms with Gasteiger partial charge in [-0.3, -0.25) is 9.52 Å². The first-order valence-corrected chi connectivity index (χ1v) is 29.1. The van der Waals surface area contributed by atoms with Gasteiger partial charge in [-0.25, -0.2) is 31.6 Å². The molecule has 8 heterocycles. The number of rotatable bonds is 10. The summed E-state index contributed by atoms with van der Waals surface area (Å²) in [5.41, 5.74) is 3.72. The molecule has 4 saturated heterocycles. The number of carbonyl (C=O) groups excluding carboxylic acids is 1. The summed E-state index contributed by atoms with van der Waals surface area (Å²) in [6.45, 7) is 7.40. The van der Waals surface area contributed by atoms with Crippen molar-refractivity contribution in [1.29, 1.82) is 0 Å². The number of carbonyl (C=O) groups is 2. The number of aromatic carboxylic acids is 1. The average molecular weight is 1120 g/mol. The summed E-state index contributed by atoms with van der Waals surface area (Å²) in [6.07, 6.45) is 8.18. The molecular weight excluding hydrogens is 1070 g/mol. The number of benzene rings is 2. The van der Waals surface area contributed by atoms with Gasteiger partial charge in [0.05, 0.1) is 78.7 Å². The highest BCUT2D eigenvalue weighted by Crippen LogP contribution is 2.35. The molecule has 4 aliphatic heterocycles. The molecule has 3 N–H and O–H groups in total. The first-order chi connectivity index (χ1) is 34.8. The smallest absolute Gasteiger partial charge is 0.336 e. The van der Waals surface area contributed by atoms with Crippen molar-refractivity contribution < 1.29 is 41.0 Å². The predicted molar refractivity (Wildman–Crippen MR) is 281 cm³/mol. The Hall–Kier alpha value is -5.04. The van der Waals surface area contributed by atoms with E-state index in [1.165, 1.54) is 43.2 Å². The topological polar surface area (TPSA) is 235 Å². The third-order valence-corrected chi connectivity index (χ3v) is 14.7. The highest BCUT2D eigenvalue weighted by atomic mass is 35.5. The van der Waals surface area contributed by atoms with Crippen LogP contribution in [0.15, 0.2) is 60.7 Å². The van der Waals surface area contributed by atoms with Gasteiger partial charge in [0, 0.05) is 73.3 Å². The minimum absolute atomic E-state index is 0.0760. The number of aromatic nitrogens is 6. The molecule has 73 heavy (non-hydrogen) atoms. The maximum atomic E-state index is 13.8. The Balaban J connectivity index is 0.000000163. The number of morpholine rings is 2. The number of carboxylic acids is 1. The Bertz CT molecular complexity index is 3200. The summed E-state index contributed by atoms with van der Waals surface area (Å²) >= 11 is 24.4. The van der Waals surface area contributed by atoms with Gasteiger partial charge >= 0.3 is 5.97 Å². The Kier molecular flexibility index (Phi) is 17.6. The van der Waals surface area contributed by atoms with Crippen LogP contribution in [0.4, 0.5) is 17.3 Å². The number of likely N-dealkylation sites (tertiary alicyclic amines) is 1. The van der Waals surface area contributed by atoms with Crippen LogP contribution >= 0.6 is 46.4 Å². The number of hydrogen-bond donors (Lipinski definition) is 3. The fourth-order valence-electron chi connectivity index (χ4n) is 9.14. The second kappa shape index (κ2) is 23.7. The van der Waals surface area contributed by atoms with E-state index in [0.29, 0.717) is 72.0 Å². The number of sulfone groups is 1. The summed E-state index contributed by atoms with van der Waals surface area (Å²) in [7, 11) is -6.85. The van der Waals surface area contributed by atoms with Crippen LogP contribution in [0.3, 0.4) is 0 Å². The largest absolute Gasteiger partial charge is 0.478 e. The number of sulfonamides is 1. The third kappa shape index (κ3) is 14.0. The van der Waals surface area contributed by atoms with Gasteiger partial charge in [-0.15, -0.1) is 0 Å². The van der Waals surface area contributed by atoms with Crippen LogP contribution in [0.1, 0.15) is 88.3 Å². The summed E-state index contributed by atoms with van der Waals surface area (Å²) < 4.78 is 62.9. The summed E-state index contributed by atoms with van der Waals surface area (Å²) in [5.74, 6) is 0.0234. The summed E-state index contributed by atoms with van der Waals surface area (Å²) in [6, 6.07) is 16.3. The molecule has 0 unspecified atom stereocenters. The van der Waals surface area contributed by atoms with Crippen molar-refractivity contribution in [3.8, 4) is 0 Å². The van der Waals surface area contributed by atoms with Crippen molar-refractivity contribution in [1.82, 2.24) is 39.4 Å². The normalized spacial score (nSPS) is 18.7. The van der Waals surface area contributed by atoms with Crippen LogP contribution < -0.4 is 19.8 Å². The first-order valence-electron chi connectivity index (χ1n) is 23.6. The number of halogens is 4. The Morgan fingerprint density at radius 1 is 0.699 bits per heavy atom. The summed E-state index contributed by atoms with van der Waals surface area (Å²) in [5, 5.41) is 23.5. The molecule has 0 saturated carbocycles. The van der Waals surface area contributed by atoms with E-state index in [9.17, 15) is 26.4 Å². The number of carboxylic acid groups (broad SMARTS) is 1. The monoisotopic (exact) mass is 1120 g/mol. The average Bonchev–Trinajstić information content (AvgIpc) is 4.00. The molecule has 4 aromatic heterocycles. The fraction of sp³-hybridized carbons (Fsp3) is 0.447. The number of hydrogen-bond acceptors (Lipinski definition) is 15. The maximum Gasteiger partial charge on any atom is 0.336 e. The van der Waals surface area contributed by atoms with E-state index < -0.39 is 25.8 Å². The zero-order chi connectivity index (χ0) is 52.0. The van der Waals surface area contributed by atoms with Gasteiger partial charge in [0.1, 0.15) is 21.9 Å². The molecular formula is C47H55Cl4N11O9S2. The van der Waals surface area contributed by atoms with E-state index in [1.807, 2.05) is 16.6 Å². The van der Waals surface area contributed by atoms with Gasteiger partial charge in [-0.1, -0.05) is 58.9 Å². The van der Waals surface area contributed by atoms with E-state index in [-0.39, 0.29) is 45.1 Å². The lowest BCUT2D eigenvalue weighted by molar-refractivity contribution is 0.0606. The van der Waals surface area contributed by atoms with Crippen LogP contribution in [-0.4, -0.2) is 146 Å². The number of piperidine rings is 2. The van der Waals surface area contributed by atoms with Crippen molar-refractivity contribution in [3.63, 3.8) is 0 Å². The molecule has 2 aromatic carbocycles. The highest BCUT2D eigenvalue weighted by molar-refractivity contribution is 7.92. The lowest BCUT2D eigenvalue weighted by Crippen LogP contribution is -2.39. The van der Waals surface area contributed by atoms with E-state index >= 15 is 0 Å². The van der Waals surface area contributed by atoms with Gasteiger partial charge in [-0.2, -0.15) is 19.2 Å². The van der Waals surface area contributed by atoms with Crippen molar-refractivity contribution in [2.75, 3.05) is 92.7 Å². The van der Waals surface area contributed by atoms with Crippen LogP contribution in [0.5, 0.6) is 0 Å². The Labute approximate surface area is 442 Å². The van der Waals surface area contributed by atoms with Crippen molar-refractivity contribution in [3.05, 3.63) is 109 Å². The second-order valence-electron chi connectivity index (χ2n) is 18.0. The number of ether oxygens (including phenoxy) is 2. The van der Waals surface area contributed by atoms with Crippen LogP contribution in [0.25, 0.3) is 11.3 Å². The predicted octanol–water partition coefficient (Wildman–Crippen LogP) is 7.23. The second-order valence-corrected chi connectivity index (χ2v) is 23.5. The van der Waals surface area contributed by atoms with E-state index in [2.05, 4.69) is 35.9 Å². The molecule has 0 aliphatic carbocycles. The lowest BCUT2D eigenvalue weighted by Gasteiger charge is -2.35. The number of anilines is 3. The summed E-state index contributed by atoms with van der Waals surface area (Å²) in [4.78, 5) is 39.6. The van der Waals surface area contributed by atoms with Gasteiger partial charge in [0.25, 0.3) is 5.91 Å². The maximum absolute atomic E-state index is 13.8. The van der Waals surface area contributed by atoms with Gasteiger partial charge in [0.15, 0.2) is 21.1 Å². The minimum Gasteiger partial charge on any atom is -0.478 e. The van der Waals surface area contributed by atoms with Gasteiger partial charge < -0.3 is 34.6 Å². The highest BCUT2D eigenvalue weighted by Gasteiger charge is 2.33. The molecule has 4 fully saturated rings. The number of nitrogens with one attached hydrogen (secondary N) is 2. The SMILES string of the molecule is CS(=O)(=O)Cc1ccc(Cl)cc1C(=O)O.CS(=O)(=O)Nc1ccc(Cl)cc1C(=O)N1CCCC[C@H]1c1cc2nc(Cl)cc(N3CCOCC3)n2n1.Clc1cc(N2CCOCC2)n2nc([C@@H]3CCCCN3)cc2n1. The van der Waals surface area contributed by atoms with Crippen LogP contribution in [0, 0.1) is 0 Å². The standard InChI is InChI=1S/C23H26Cl2N6O4S.C15H20ClN5O.C9H9ClO4S/c1-36(33,34)28-17-6-5-15(24)12-16(17)23(32)30-7-3-2-4-19(30)18-13-21-26-20(25)14-22(31(21)27-18)29-8-10-35-11-9-29;16-13-10-15(20-5-7-22-8-6-20)21-14(18-13)9-12(19-21)11-3-1-2-4-17-11;1-15(13,14)5-6-2-3-7(10)4-8(6)9(11)12/h5-6,12-14,19,28H,2-4,7-11H2,1H3;9-11,17H,1-8H2;2-4H,5H2,1H3,(H,11,12)/t19-;11-;/m00./s1. The third-order valence-electron chi connectivity index (χ3n) is 12.5. The molecule has 0 radical (unpaired) electrons. The molecule has 2 atom stereocenters. The molecule has 0 spiro atoms. The molecule has 26 heteroatoms. The van der Waals surface area contributed by atoms with Gasteiger partial charge in [0.2, 0.25) is 10.0 Å². The van der Waals surface area contributed by atoms with Crippen molar-refractivity contribution in [2.24, 2.45) is 0 Å². The molecule has 0 bridgehead atoms. The molecule has 392 valence electrons. The lowest BCUT2D eigenvalue weighted by atomic mass is 9.98. The molecule has 6 aromatic rings. The van der Waals surface area contributed by atoms with Gasteiger partial charge in [-0.05, 0) is 74.5 Å².